The molecule has 0 aliphatic rings. The monoisotopic (exact) mass is 494 g/mol. The molecule has 0 aliphatic carbocycles. The average molecular weight is 495 g/mol. The van der Waals surface area contributed by atoms with Crippen LogP contribution in [0.4, 0.5) is 5.69 Å². The van der Waals surface area contributed by atoms with Crippen LogP contribution in [-0.4, -0.2) is 20.7 Å². The maximum Gasteiger partial charge on any atom is 0.295 e. The fraction of sp³-hybridized carbons (Fsp3) is 0.0690. The van der Waals surface area contributed by atoms with Gasteiger partial charge in [0.1, 0.15) is 11.5 Å². The molecule has 0 saturated heterocycles. The predicted octanol–water partition coefficient (Wildman–Crippen LogP) is 7.25. The van der Waals surface area contributed by atoms with Crippen LogP contribution in [0.15, 0.2) is 97.1 Å². The predicted molar refractivity (Wildman–Crippen MR) is 142 cm³/mol. The summed E-state index contributed by atoms with van der Waals surface area (Å²) in [5.74, 6) is 1.60. The molecule has 4 aromatic carbocycles. The first-order valence-electron chi connectivity index (χ1n) is 11.4. The minimum absolute atomic E-state index is 0.0581. The topological polar surface area (TPSA) is 69.0 Å². The maximum absolute atomic E-state index is 13.1. The highest BCUT2D eigenvalue weighted by Gasteiger charge is 2.19. The lowest BCUT2D eigenvalue weighted by Crippen LogP contribution is -2.14. The van der Waals surface area contributed by atoms with Gasteiger partial charge in [0.15, 0.2) is 5.82 Å². The van der Waals surface area contributed by atoms with Gasteiger partial charge in [0.25, 0.3) is 5.91 Å². The molecule has 0 spiro atoms. The van der Waals surface area contributed by atoms with E-state index >= 15 is 0 Å². The van der Waals surface area contributed by atoms with E-state index in [1.807, 2.05) is 67.6 Å². The van der Waals surface area contributed by atoms with Crippen LogP contribution in [0.5, 0.6) is 11.5 Å². The highest BCUT2D eigenvalue weighted by Crippen LogP contribution is 2.26. The first-order valence-corrected chi connectivity index (χ1v) is 11.8. The third-order valence-corrected chi connectivity index (χ3v) is 5.99. The summed E-state index contributed by atoms with van der Waals surface area (Å²) in [7, 11) is 0. The second-order valence-corrected chi connectivity index (χ2v) is 8.78. The Hall–Kier alpha value is -4.42. The van der Waals surface area contributed by atoms with Crippen molar-refractivity contribution in [3.8, 4) is 28.6 Å². The molecule has 0 saturated carbocycles. The van der Waals surface area contributed by atoms with Gasteiger partial charge in [0.2, 0.25) is 5.82 Å². The number of aryl methyl sites for hydroxylation is 2. The zero-order valence-electron chi connectivity index (χ0n) is 19.8. The molecule has 5 rings (SSSR count). The van der Waals surface area contributed by atoms with E-state index in [1.165, 1.54) is 5.56 Å². The molecule has 36 heavy (non-hydrogen) atoms. The second kappa shape index (κ2) is 10.1. The number of carbonyl (C=O) groups excluding carboxylic acids is 1. The number of carbonyl (C=O) groups is 1. The van der Waals surface area contributed by atoms with E-state index in [4.69, 9.17) is 16.3 Å². The van der Waals surface area contributed by atoms with Crippen molar-refractivity contribution in [1.29, 1.82) is 0 Å². The maximum atomic E-state index is 13.1. The van der Waals surface area contributed by atoms with E-state index in [2.05, 4.69) is 22.3 Å². The Kier molecular flexibility index (Phi) is 6.52. The fourth-order valence-corrected chi connectivity index (χ4v) is 3.78. The van der Waals surface area contributed by atoms with Crippen molar-refractivity contribution in [2.24, 2.45) is 0 Å². The third kappa shape index (κ3) is 5.14. The quantitative estimate of drug-likeness (QED) is 0.270. The Balaban J connectivity index is 1.42. The van der Waals surface area contributed by atoms with E-state index < -0.39 is 5.91 Å². The molecule has 1 aromatic heterocycles. The lowest BCUT2D eigenvalue weighted by molar-refractivity contribution is 0.101. The number of halogens is 1. The highest BCUT2D eigenvalue weighted by molar-refractivity contribution is 6.30. The SMILES string of the molecule is Cc1ccc(-n2nc(C(=O)Nc3ccc(Oc4ccccc4)cc3)nc2-c2ccc(Cl)cc2)cc1C. The first-order chi connectivity index (χ1) is 17.5. The van der Waals surface area contributed by atoms with E-state index in [1.54, 1.807) is 41.1 Å². The molecular weight excluding hydrogens is 472 g/mol. The van der Waals surface area contributed by atoms with E-state index in [0.29, 0.717) is 22.3 Å². The number of amides is 1. The molecule has 1 N–H and O–H groups in total. The number of nitrogens with zero attached hydrogens (tertiary/aromatic N) is 3. The van der Waals surface area contributed by atoms with Gasteiger partial charge in [-0.05, 0) is 97.8 Å². The minimum Gasteiger partial charge on any atom is -0.457 e. The molecule has 0 atom stereocenters. The zero-order valence-corrected chi connectivity index (χ0v) is 20.5. The number of hydrogen-bond acceptors (Lipinski definition) is 4. The number of para-hydroxylation sites is 1. The zero-order chi connectivity index (χ0) is 25.1. The summed E-state index contributed by atoms with van der Waals surface area (Å²) in [4.78, 5) is 17.7. The third-order valence-electron chi connectivity index (χ3n) is 5.74. The molecule has 0 unspecified atom stereocenters. The summed E-state index contributed by atoms with van der Waals surface area (Å²) in [6, 6.07) is 29.9. The number of nitrogens with one attached hydrogen (secondary N) is 1. The molecule has 6 nitrogen and oxygen atoms in total. The summed E-state index contributed by atoms with van der Waals surface area (Å²) in [5.41, 5.74) is 4.51. The molecule has 0 bridgehead atoms. The summed E-state index contributed by atoms with van der Waals surface area (Å²) >= 11 is 6.08. The summed E-state index contributed by atoms with van der Waals surface area (Å²) in [6.45, 7) is 4.09. The van der Waals surface area contributed by atoms with Crippen molar-refractivity contribution in [3.05, 3.63) is 119 Å². The summed E-state index contributed by atoms with van der Waals surface area (Å²) in [6.07, 6.45) is 0. The number of anilines is 1. The van der Waals surface area contributed by atoms with Gasteiger partial charge in [-0.3, -0.25) is 4.79 Å². The number of aromatic nitrogens is 3. The van der Waals surface area contributed by atoms with Crippen molar-refractivity contribution in [2.75, 3.05) is 5.32 Å². The number of hydrogen-bond donors (Lipinski definition) is 1. The van der Waals surface area contributed by atoms with Crippen LogP contribution in [0.2, 0.25) is 5.02 Å². The van der Waals surface area contributed by atoms with Crippen molar-refractivity contribution >= 4 is 23.2 Å². The van der Waals surface area contributed by atoms with Gasteiger partial charge in [-0.2, -0.15) is 0 Å². The van der Waals surface area contributed by atoms with E-state index in [9.17, 15) is 4.79 Å². The van der Waals surface area contributed by atoms with E-state index in [-0.39, 0.29) is 5.82 Å². The molecule has 178 valence electrons. The Morgan fingerprint density at radius 1 is 0.833 bits per heavy atom. The lowest BCUT2D eigenvalue weighted by atomic mass is 10.1. The normalized spacial score (nSPS) is 10.8. The van der Waals surface area contributed by atoms with Gasteiger partial charge in [0, 0.05) is 16.3 Å². The highest BCUT2D eigenvalue weighted by atomic mass is 35.5. The lowest BCUT2D eigenvalue weighted by Gasteiger charge is -2.08. The summed E-state index contributed by atoms with van der Waals surface area (Å²) in [5, 5.41) is 8.04. The molecular formula is C29H23ClN4O2. The number of ether oxygens (including phenoxy) is 1. The fourth-order valence-electron chi connectivity index (χ4n) is 3.65. The molecule has 0 aliphatic heterocycles. The van der Waals surface area contributed by atoms with Gasteiger partial charge in [0.05, 0.1) is 5.69 Å². The van der Waals surface area contributed by atoms with Gasteiger partial charge in [-0.15, -0.1) is 5.10 Å². The number of benzene rings is 4. The van der Waals surface area contributed by atoms with Crippen LogP contribution in [0.1, 0.15) is 21.7 Å². The van der Waals surface area contributed by atoms with E-state index in [0.717, 1.165) is 22.6 Å². The smallest absolute Gasteiger partial charge is 0.295 e. The minimum atomic E-state index is -0.412. The van der Waals surface area contributed by atoms with Crippen molar-refractivity contribution in [3.63, 3.8) is 0 Å². The van der Waals surface area contributed by atoms with Crippen molar-refractivity contribution < 1.29 is 9.53 Å². The molecule has 1 amide bonds. The Morgan fingerprint density at radius 3 is 2.22 bits per heavy atom. The van der Waals surface area contributed by atoms with Gasteiger partial charge < -0.3 is 10.1 Å². The van der Waals surface area contributed by atoms with Crippen LogP contribution >= 0.6 is 11.6 Å². The van der Waals surface area contributed by atoms with Gasteiger partial charge in [-0.1, -0.05) is 35.9 Å². The Morgan fingerprint density at radius 2 is 1.53 bits per heavy atom. The molecule has 0 fully saturated rings. The molecule has 5 aromatic rings. The molecule has 1 heterocycles. The van der Waals surface area contributed by atoms with Crippen LogP contribution < -0.4 is 10.1 Å². The number of rotatable bonds is 6. The van der Waals surface area contributed by atoms with Crippen LogP contribution in [0.25, 0.3) is 17.1 Å². The average Bonchev–Trinajstić information content (AvgIpc) is 3.34. The van der Waals surface area contributed by atoms with Gasteiger partial charge >= 0.3 is 0 Å². The summed E-state index contributed by atoms with van der Waals surface area (Å²) < 4.78 is 7.50. The standard InChI is InChI=1S/C29H23ClN4O2/c1-19-8-15-24(18-20(19)2)34-28(21-9-11-22(30)12-10-21)32-27(33-34)29(35)31-23-13-16-26(17-14-23)36-25-6-4-3-5-7-25/h3-18H,1-2H3,(H,31,35). The van der Waals surface area contributed by atoms with Crippen molar-refractivity contribution in [1.82, 2.24) is 14.8 Å². The second-order valence-electron chi connectivity index (χ2n) is 8.34. The molecule has 7 heteroatoms. The van der Waals surface area contributed by atoms with Crippen molar-refractivity contribution in [2.45, 2.75) is 13.8 Å². The Labute approximate surface area is 214 Å². The van der Waals surface area contributed by atoms with Gasteiger partial charge in [-0.25, -0.2) is 9.67 Å². The first kappa shape index (κ1) is 23.3. The van der Waals surface area contributed by atoms with Crippen LogP contribution in [-0.2, 0) is 0 Å². The Bertz CT molecular complexity index is 1510. The van der Waals surface area contributed by atoms with Crippen LogP contribution in [0.3, 0.4) is 0 Å². The molecule has 0 radical (unpaired) electrons. The van der Waals surface area contributed by atoms with Crippen LogP contribution in [0, 0.1) is 13.8 Å². The largest absolute Gasteiger partial charge is 0.457 e.